The average molecular weight is 656 g/mol. The van der Waals surface area contributed by atoms with Crippen molar-refractivity contribution in [1.29, 1.82) is 0 Å². The predicted molar refractivity (Wildman–Crippen MR) is 184 cm³/mol. The highest BCUT2D eigenvalue weighted by atomic mass is 32.1. The van der Waals surface area contributed by atoms with E-state index in [2.05, 4.69) is 58.8 Å². The summed E-state index contributed by atoms with van der Waals surface area (Å²) in [6, 6.07) is 16.6. The van der Waals surface area contributed by atoms with E-state index in [0.29, 0.717) is 19.5 Å². The molecule has 1 saturated carbocycles. The molecule has 0 radical (unpaired) electrons. The van der Waals surface area contributed by atoms with E-state index in [4.69, 9.17) is 4.98 Å². The number of carbonyl (C=O) groups is 3. The van der Waals surface area contributed by atoms with Crippen molar-refractivity contribution in [3.63, 3.8) is 0 Å². The Morgan fingerprint density at radius 3 is 2.11 bits per heavy atom. The number of aromatic nitrogens is 2. The second-order valence-electron chi connectivity index (χ2n) is 12.2. The molecule has 0 bridgehead atoms. The fourth-order valence-corrected chi connectivity index (χ4v) is 7.99. The monoisotopic (exact) mass is 655 g/mol. The zero-order chi connectivity index (χ0) is 32.2. The van der Waals surface area contributed by atoms with E-state index >= 15 is 0 Å². The normalized spacial score (nSPS) is 16.8. The number of thiazole rings is 2. The summed E-state index contributed by atoms with van der Waals surface area (Å²) >= 11 is 3.28. The van der Waals surface area contributed by atoms with E-state index in [1.165, 1.54) is 0 Å². The predicted octanol–water partition coefficient (Wildman–Crippen LogP) is 7.33. The standard InChI is InChI=1S/C36H41N5O3S2/c1-4-18-40(36(44)23(3)39-34(43)28-16-17-28)22-32-37-20-30(45-32)26-12-8-24(9-13-26)25-10-14-27(15-11-25)31-21-38-35(46-31)29-7-6-19-41(29)33(42)5-2/h8-15,20-21,23,28-29H,4-7,16-19,22H2,1-3H3,(H,39,43)/t23-,29+/m1/s1. The highest BCUT2D eigenvalue weighted by Gasteiger charge is 2.33. The van der Waals surface area contributed by atoms with Crippen LogP contribution in [0.25, 0.3) is 32.0 Å². The van der Waals surface area contributed by atoms with Crippen LogP contribution in [0.4, 0.5) is 0 Å². The van der Waals surface area contributed by atoms with Gasteiger partial charge in [0, 0.05) is 37.8 Å². The van der Waals surface area contributed by atoms with Crippen LogP contribution in [0.2, 0.25) is 0 Å². The van der Waals surface area contributed by atoms with Gasteiger partial charge in [0.15, 0.2) is 0 Å². The molecule has 4 aromatic rings. The van der Waals surface area contributed by atoms with Gasteiger partial charge in [-0.2, -0.15) is 0 Å². The molecule has 0 spiro atoms. The molecule has 1 saturated heterocycles. The number of hydrogen-bond donors (Lipinski definition) is 1. The number of carbonyl (C=O) groups excluding carboxylic acids is 3. The maximum absolute atomic E-state index is 13.1. The molecule has 1 aliphatic carbocycles. The summed E-state index contributed by atoms with van der Waals surface area (Å²) in [5.41, 5.74) is 4.48. The number of amides is 3. The van der Waals surface area contributed by atoms with Crippen LogP contribution in [-0.4, -0.2) is 56.6 Å². The van der Waals surface area contributed by atoms with Gasteiger partial charge >= 0.3 is 0 Å². The molecule has 1 aliphatic heterocycles. The third-order valence-corrected chi connectivity index (χ3v) is 10.9. The van der Waals surface area contributed by atoms with Gasteiger partial charge in [0.2, 0.25) is 17.7 Å². The minimum Gasteiger partial charge on any atom is -0.344 e. The first-order valence-electron chi connectivity index (χ1n) is 16.3. The van der Waals surface area contributed by atoms with Gasteiger partial charge in [-0.1, -0.05) is 62.4 Å². The first-order chi connectivity index (χ1) is 22.3. The lowest BCUT2D eigenvalue weighted by molar-refractivity contribution is -0.136. The Balaban J connectivity index is 1.08. The molecule has 6 rings (SSSR count). The van der Waals surface area contributed by atoms with Crippen molar-refractivity contribution in [2.75, 3.05) is 13.1 Å². The van der Waals surface area contributed by atoms with Crippen LogP contribution in [0.1, 0.15) is 75.4 Å². The Labute approximate surface area is 278 Å². The molecule has 240 valence electrons. The van der Waals surface area contributed by atoms with Crippen LogP contribution in [0.5, 0.6) is 0 Å². The van der Waals surface area contributed by atoms with Gasteiger partial charge in [-0.3, -0.25) is 14.4 Å². The summed E-state index contributed by atoms with van der Waals surface area (Å²) in [6.45, 7) is 7.61. The van der Waals surface area contributed by atoms with Crippen molar-refractivity contribution in [1.82, 2.24) is 25.1 Å². The first kappa shape index (κ1) is 32.1. The number of nitrogens with one attached hydrogen (secondary N) is 1. The van der Waals surface area contributed by atoms with Crippen molar-refractivity contribution in [2.45, 2.75) is 77.9 Å². The summed E-state index contributed by atoms with van der Waals surface area (Å²) in [5.74, 6) is 0.201. The Bertz CT molecular complexity index is 1680. The van der Waals surface area contributed by atoms with Gasteiger partial charge < -0.3 is 15.1 Å². The third-order valence-electron chi connectivity index (χ3n) is 8.72. The molecule has 2 fully saturated rings. The van der Waals surface area contributed by atoms with Crippen LogP contribution in [0.15, 0.2) is 60.9 Å². The molecule has 2 aromatic carbocycles. The highest BCUT2D eigenvalue weighted by molar-refractivity contribution is 7.15. The van der Waals surface area contributed by atoms with Crippen molar-refractivity contribution in [3.8, 4) is 32.0 Å². The zero-order valence-electron chi connectivity index (χ0n) is 26.7. The second kappa shape index (κ2) is 14.3. The summed E-state index contributed by atoms with van der Waals surface area (Å²) in [5, 5.41) is 4.78. The topological polar surface area (TPSA) is 95.5 Å². The zero-order valence-corrected chi connectivity index (χ0v) is 28.3. The summed E-state index contributed by atoms with van der Waals surface area (Å²) < 4.78 is 0. The van der Waals surface area contributed by atoms with E-state index in [9.17, 15) is 14.4 Å². The third kappa shape index (κ3) is 7.23. The SMILES string of the molecule is CCCN(Cc1ncc(-c2ccc(-c3ccc(-c4cnc([C@@H]5CCCN5C(=O)CC)s4)cc3)cc2)s1)C(=O)[C@@H](C)NC(=O)C1CC1. The van der Waals surface area contributed by atoms with E-state index in [1.54, 1.807) is 34.5 Å². The minimum atomic E-state index is -0.541. The summed E-state index contributed by atoms with van der Waals surface area (Å²) in [4.78, 5) is 53.0. The van der Waals surface area contributed by atoms with E-state index < -0.39 is 6.04 Å². The smallest absolute Gasteiger partial charge is 0.245 e. The number of nitrogens with zero attached hydrogens (tertiary/aromatic N) is 4. The van der Waals surface area contributed by atoms with Gasteiger partial charge in [0.05, 0.1) is 22.3 Å². The van der Waals surface area contributed by atoms with E-state index in [-0.39, 0.29) is 29.7 Å². The molecular formula is C36H41N5O3S2. The number of likely N-dealkylation sites (tertiary alicyclic amines) is 1. The lowest BCUT2D eigenvalue weighted by atomic mass is 10.0. The summed E-state index contributed by atoms with van der Waals surface area (Å²) in [7, 11) is 0. The van der Waals surface area contributed by atoms with Crippen LogP contribution >= 0.6 is 22.7 Å². The molecule has 10 heteroatoms. The molecule has 0 unspecified atom stereocenters. The maximum atomic E-state index is 13.1. The fourth-order valence-electron chi connectivity index (χ4n) is 5.98. The molecule has 2 aliphatic rings. The lowest BCUT2D eigenvalue weighted by Crippen LogP contribution is -2.47. The van der Waals surface area contributed by atoms with Crippen molar-refractivity contribution in [2.24, 2.45) is 5.92 Å². The second-order valence-corrected chi connectivity index (χ2v) is 14.4. The summed E-state index contributed by atoms with van der Waals surface area (Å²) in [6.07, 6.45) is 9.02. The molecule has 2 atom stereocenters. The Hall–Kier alpha value is -3.89. The number of hydrogen-bond acceptors (Lipinski definition) is 7. The van der Waals surface area contributed by atoms with Crippen LogP contribution in [0, 0.1) is 5.92 Å². The number of rotatable bonds is 12. The van der Waals surface area contributed by atoms with E-state index in [1.807, 2.05) is 31.1 Å². The van der Waals surface area contributed by atoms with Gasteiger partial charge in [0.25, 0.3) is 0 Å². The average Bonchev–Trinajstić information content (AvgIpc) is 3.41. The molecule has 3 heterocycles. The van der Waals surface area contributed by atoms with Crippen LogP contribution < -0.4 is 5.32 Å². The van der Waals surface area contributed by atoms with Gasteiger partial charge in [-0.05, 0) is 61.3 Å². The Morgan fingerprint density at radius 2 is 1.50 bits per heavy atom. The van der Waals surface area contributed by atoms with Gasteiger partial charge in [0.1, 0.15) is 16.1 Å². The highest BCUT2D eigenvalue weighted by Crippen LogP contribution is 2.38. The van der Waals surface area contributed by atoms with E-state index in [0.717, 1.165) is 80.7 Å². The molecule has 46 heavy (non-hydrogen) atoms. The molecule has 1 N–H and O–H groups in total. The minimum absolute atomic E-state index is 0.0141. The molecule has 8 nitrogen and oxygen atoms in total. The maximum Gasteiger partial charge on any atom is 0.245 e. The molecule has 2 aromatic heterocycles. The van der Waals surface area contributed by atoms with Crippen LogP contribution in [0.3, 0.4) is 0 Å². The Morgan fingerprint density at radius 1 is 0.891 bits per heavy atom. The van der Waals surface area contributed by atoms with Crippen molar-refractivity contribution in [3.05, 3.63) is 70.9 Å². The lowest BCUT2D eigenvalue weighted by Gasteiger charge is -2.25. The fraction of sp³-hybridized carbons (Fsp3) is 0.417. The van der Waals surface area contributed by atoms with Crippen molar-refractivity contribution < 1.29 is 14.4 Å². The Kier molecular flexibility index (Phi) is 9.94. The van der Waals surface area contributed by atoms with Crippen LogP contribution in [-0.2, 0) is 20.9 Å². The van der Waals surface area contributed by atoms with Gasteiger partial charge in [-0.25, -0.2) is 9.97 Å². The quantitative estimate of drug-likeness (QED) is 0.173. The van der Waals surface area contributed by atoms with Gasteiger partial charge in [-0.15, -0.1) is 22.7 Å². The number of benzene rings is 2. The first-order valence-corrected chi connectivity index (χ1v) is 18.0. The van der Waals surface area contributed by atoms with Crippen molar-refractivity contribution >= 4 is 40.4 Å². The largest absolute Gasteiger partial charge is 0.344 e. The molecular weight excluding hydrogens is 615 g/mol. The molecule has 3 amide bonds.